The molecule has 1 heterocycles. The van der Waals surface area contributed by atoms with E-state index >= 15 is 0 Å². The van der Waals surface area contributed by atoms with Crippen LogP contribution in [0.3, 0.4) is 0 Å². The highest BCUT2D eigenvalue weighted by molar-refractivity contribution is 6.05. The third-order valence-corrected chi connectivity index (χ3v) is 3.23. The summed E-state index contributed by atoms with van der Waals surface area (Å²) in [5.74, 6) is 0.293. The molecule has 1 amide bonds. The number of fused-ring (bicyclic) bond motifs is 1. The molecule has 0 saturated heterocycles. The number of benzene rings is 1. The Balaban J connectivity index is 2.19. The van der Waals surface area contributed by atoms with Crippen molar-refractivity contribution in [3.8, 4) is 5.75 Å². The number of nitrogens with one attached hydrogen (secondary N) is 1. The maximum atomic E-state index is 12.3. The average molecular weight is 319 g/mol. The summed E-state index contributed by atoms with van der Waals surface area (Å²) >= 11 is 0. The van der Waals surface area contributed by atoms with Crippen LogP contribution in [0.5, 0.6) is 5.75 Å². The second kappa shape index (κ2) is 8.33. The molecule has 0 bridgehead atoms. The first-order valence-corrected chi connectivity index (χ1v) is 7.72. The minimum atomic E-state index is -0.564. The number of hydrogen-bond donors (Lipinski definition) is 1. The number of carbonyl (C=O) groups excluding carboxylic acids is 1. The van der Waals surface area contributed by atoms with E-state index < -0.39 is 5.63 Å². The van der Waals surface area contributed by atoms with Crippen LogP contribution in [0.1, 0.15) is 30.6 Å². The highest BCUT2D eigenvalue weighted by Gasteiger charge is 2.13. The van der Waals surface area contributed by atoms with Gasteiger partial charge in [0.25, 0.3) is 5.91 Å². The molecule has 2 rings (SSSR count). The molecule has 1 aromatic heterocycles. The van der Waals surface area contributed by atoms with Crippen LogP contribution >= 0.6 is 0 Å². The van der Waals surface area contributed by atoms with Crippen molar-refractivity contribution in [2.45, 2.75) is 20.3 Å². The molecule has 0 aliphatic carbocycles. The molecule has 0 fully saturated rings. The smallest absolute Gasteiger partial charge is 0.337 e. The summed E-state index contributed by atoms with van der Waals surface area (Å²) < 4.78 is 15.8. The first-order chi connectivity index (χ1) is 11.2. The molecule has 1 aromatic carbocycles. The van der Waals surface area contributed by atoms with Gasteiger partial charge < -0.3 is 19.2 Å². The lowest BCUT2D eigenvalue weighted by Gasteiger charge is -2.08. The maximum absolute atomic E-state index is 12.3. The molecule has 0 unspecified atom stereocenters. The Morgan fingerprint density at radius 1 is 1.22 bits per heavy atom. The fourth-order valence-electron chi connectivity index (χ4n) is 2.20. The predicted octanol–water partition coefficient (Wildman–Crippen LogP) is 2.35. The van der Waals surface area contributed by atoms with Crippen LogP contribution in [0.2, 0.25) is 0 Å². The van der Waals surface area contributed by atoms with Gasteiger partial charge in [0, 0.05) is 37.3 Å². The lowest BCUT2D eigenvalue weighted by atomic mass is 10.1. The van der Waals surface area contributed by atoms with Gasteiger partial charge in [-0.3, -0.25) is 4.79 Å². The number of ether oxygens (including phenoxy) is 2. The van der Waals surface area contributed by atoms with Crippen molar-refractivity contribution in [2.24, 2.45) is 0 Å². The molecule has 0 radical (unpaired) electrons. The Bertz CT molecular complexity index is 722. The largest absolute Gasteiger partial charge is 0.494 e. The summed E-state index contributed by atoms with van der Waals surface area (Å²) in [5.41, 5.74) is 0.0734. The van der Waals surface area contributed by atoms with E-state index in [9.17, 15) is 9.59 Å². The molecule has 1 N–H and O–H groups in total. The fraction of sp³-hybridized carbons (Fsp3) is 0.412. The van der Waals surface area contributed by atoms with Gasteiger partial charge in [0.2, 0.25) is 0 Å². The van der Waals surface area contributed by atoms with Gasteiger partial charge in [0.15, 0.2) is 0 Å². The van der Waals surface area contributed by atoms with Gasteiger partial charge in [0.1, 0.15) is 11.3 Å². The topological polar surface area (TPSA) is 77.8 Å². The third-order valence-electron chi connectivity index (χ3n) is 3.23. The van der Waals surface area contributed by atoms with E-state index in [1.54, 1.807) is 18.2 Å². The van der Waals surface area contributed by atoms with Crippen LogP contribution in [0, 0.1) is 0 Å². The van der Waals surface area contributed by atoms with E-state index in [1.165, 1.54) is 6.07 Å². The molecule has 124 valence electrons. The summed E-state index contributed by atoms with van der Waals surface area (Å²) in [6, 6.07) is 6.29. The highest BCUT2D eigenvalue weighted by atomic mass is 16.5. The third kappa shape index (κ3) is 4.56. The molecule has 0 saturated carbocycles. The van der Waals surface area contributed by atoms with Gasteiger partial charge in [0.05, 0.1) is 12.2 Å². The fourth-order valence-corrected chi connectivity index (χ4v) is 2.20. The normalized spacial score (nSPS) is 10.7. The molecule has 6 nitrogen and oxygen atoms in total. The first-order valence-electron chi connectivity index (χ1n) is 7.72. The van der Waals surface area contributed by atoms with Crippen LogP contribution in [-0.4, -0.2) is 32.3 Å². The van der Waals surface area contributed by atoms with Crippen LogP contribution in [0.25, 0.3) is 11.0 Å². The lowest BCUT2D eigenvalue weighted by molar-refractivity contribution is 0.0945. The molecular formula is C17H21NO5. The van der Waals surface area contributed by atoms with Gasteiger partial charge in [-0.2, -0.15) is 0 Å². The van der Waals surface area contributed by atoms with E-state index in [4.69, 9.17) is 13.9 Å². The molecule has 0 aliphatic heterocycles. The number of rotatable bonds is 8. The minimum absolute atomic E-state index is 0.302. The standard InChI is InChI=1S/C17H21NO5/c1-3-21-9-5-8-18-17(20)14-11-16(19)23-15-10-12(22-4-2)6-7-13(14)15/h6-7,10-11H,3-5,8-9H2,1-2H3,(H,18,20). The van der Waals surface area contributed by atoms with Gasteiger partial charge in [-0.05, 0) is 32.4 Å². The van der Waals surface area contributed by atoms with Gasteiger partial charge in [-0.15, -0.1) is 0 Å². The second-order valence-corrected chi connectivity index (χ2v) is 4.88. The summed E-state index contributed by atoms with van der Waals surface area (Å²) in [6.07, 6.45) is 0.716. The Hall–Kier alpha value is -2.34. The van der Waals surface area contributed by atoms with Crippen molar-refractivity contribution < 1.29 is 18.7 Å². The maximum Gasteiger partial charge on any atom is 0.337 e. The molecule has 0 atom stereocenters. The Labute approximate surface area is 134 Å². The van der Waals surface area contributed by atoms with Crippen molar-refractivity contribution in [3.63, 3.8) is 0 Å². The summed E-state index contributed by atoms with van der Waals surface area (Å²) in [4.78, 5) is 24.0. The van der Waals surface area contributed by atoms with Crippen molar-refractivity contribution in [3.05, 3.63) is 40.2 Å². The minimum Gasteiger partial charge on any atom is -0.494 e. The van der Waals surface area contributed by atoms with Crippen molar-refractivity contribution in [1.82, 2.24) is 5.32 Å². The van der Waals surface area contributed by atoms with E-state index in [2.05, 4.69) is 5.32 Å². The van der Waals surface area contributed by atoms with Crippen molar-refractivity contribution >= 4 is 16.9 Å². The zero-order chi connectivity index (χ0) is 16.7. The van der Waals surface area contributed by atoms with E-state index in [0.29, 0.717) is 55.1 Å². The molecule has 6 heteroatoms. The van der Waals surface area contributed by atoms with Crippen LogP contribution in [0.4, 0.5) is 0 Å². The number of carbonyl (C=O) groups is 1. The van der Waals surface area contributed by atoms with Crippen LogP contribution in [0.15, 0.2) is 33.5 Å². The molecular weight excluding hydrogens is 298 g/mol. The average Bonchev–Trinajstić information content (AvgIpc) is 2.53. The quantitative estimate of drug-likeness (QED) is 0.597. The summed E-state index contributed by atoms with van der Waals surface area (Å²) in [6.45, 7) is 6.02. The lowest BCUT2D eigenvalue weighted by Crippen LogP contribution is -2.26. The SMILES string of the molecule is CCOCCCNC(=O)c1cc(=O)oc2cc(OCC)ccc12. The molecule has 23 heavy (non-hydrogen) atoms. The summed E-state index contributed by atoms with van der Waals surface area (Å²) in [7, 11) is 0. The van der Waals surface area contributed by atoms with E-state index in [1.807, 2.05) is 13.8 Å². The zero-order valence-corrected chi connectivity index (χ0v) is 13.4. The van der Waals surface area contributed by atoms with E-state index in [-0.39, 0.29) is 5.91 Å². The van der Waals surface area contributed by atoms with Crippen LogP contribution in [-0.2, 0) is 4.74 Å². The highest BCUT2D eigenvalue weighted by Crippen LogP contribution is 2.22. The number of hydrogen-bond acceptors (Lipinski definition) is 5. The van der Waals surface area contributed by atoms with Crippen molar-refractivity contribution in [2.75, 3.05) is 26.4 Å². The predicted molar refractivity (Wildman–Crippen MR) is 87.1 cm³/mol. The molecule has 2 aromatic rings. The van der Waals surface area contributed by atoms with Gasteiger partial charge in [-0.25, -0.2) is 4.79 Å². The Morgan fingerprint density at radius 3 is 2.78 bits per heavy atom. The second-order valence-electron chi connectivity index (χ2n) is 4.88. The molecule has 0 spiro atoms. The first kappa shape index (κ1) is 17.0. The Morgan fingerprint density at radius 2 is 2.04 bits per heavy atom. The Kier molecular flexibility index (Phi) is 6.17. The monoisotopic (exact) mass is 319 g/mol. The van der Waals surface area contributed by atoms with Gasteiger partial charge >= 0.3 is 5.63 Å². The molecule has 0 aliphatic rings. The van der Waals surface area contributed by atoms with Crippen molar-refractivity contribution in [1.29, 1.82) is 0 Å². The zero-order valence-electron chi connectivity index (χ0n) is 13.4. The van der Waals surface area contributed by atoms with Gasteiger partial charge in [-0.1, -0.05) is 0 Å². The van der Waals surface area contributed by atoms with E-state index in [0.717, 1.165) is 0 Å². The summed E-state index contributed by atoms with van der Waals surface area (Å²) in [5, 5.41) is 3.37. The van der Waals surface area contributed by atoms with Crippen LogP contribution < -0.4 is 15.7 Å². The number of amides is 1.